The van der Waals surface area contributed by atoms with Gasteiger partial charge in [-0.3, -0.25) is 4.90 Å². The van der Waals surface area contributed by atoms with Gasteiger partial charge < -0.3 is 10.4 Å². The highest BCUT2D eigenvalue weighted by Gasteiger charge is 2.18. The molecule has 1 saturated heterocycles. The van der Waals surface area contributed by atoms with Crippen LogP contribution < -0.4 is 5.32 Å². The lowest BCUT2D eigenvalue weighted by Crippen LogP contribution is -2.42. The van der Waals surface area contributed by atoms with Crippen LogP contribution in [0.2, 0.25) is 0 Å². The number of benzene rings is 1. The van der Waals surface area contributed by atoms with Crippen molar-refractivity contribution in [1.82, 2.24) is 10.2 Å². The van der Waals surface area contributed by atoms with E-state index in [1.165, 1.54) is 11.6 Å². The van der Waals surface area contributed by atoms with Crippen molar-refractivity contribution in [2.45, 2.75) is 25.4 Å². The van der Waals surface area contributed by atoms with Crippen LogP contribution in [0.15, 0.2) is 42.5 Å². The Bertz CT molecular complexity index is 437. The van der Waals surface area contributed by atoms with Crippen LogP contribution in [-0.2, 0) is 11.3 Å². The summed E-state index contributed by atoms with van der Waals surface area (Å²) < 4.78 is 0. The van der Waals surface area contributed by atoms with Gasteiger partial charge in [0.2, 0.25) is 0 Å². The van der Waals surface area contributed by atoms with E-state index < -0.39 is 5.97 Å². The molecule has 108 valence electrons. The number of carboxylic acids is 1. The molecule has 0 aliphatic carbocycles. The molecule has 0 radical (unpaired) electrons. The first-order valence-corrected chi connectivity index (χ1v) is 7.13. The Morgan fingerprint density at radius 3 is 2.65 bits per heavy atom. The van der Waals surface area contributed by atoms with Crippen molar-refractivity contribution in [2.24, 2.45) is 0 Å². The van der Waals surface area contributed by atoms with Gasteiger partial charge in [0.15, 0.2) is 0 Å². The predicted molar refractivity (Wildman–Crippen MR) is 79.5 cm³/mol. The molecular formula is C16H22N2O2. The van der Waals surface area contributed by atoms with E-state index in [4.69, 9.17) is 5.11 Å². The lowest BCUT2D eigenvalue weighted by atomic mass is 10.0. The second-order valence-electron chi connectivity index (χ2n) is 5.18. The number of carbonyl (C=O) groups is 1. The smallest absolute Gasteiger partial charge is 0.328 e. The maximum Gasteiger partial charge on any atom is 0.328 e. The number of likely N-dealkylation sites (tertiary alicyclic amines) is 1. The van der Waals surface area contributed by atoms with Gasteiger partial charge in [-0.15, -0.1) is 0 Å². The fourth-order valence-electron chi connectivity index (χ4n) is 2.53. The fourth-order valence-corrected chi connectivity index (χ4v) is 2.53. The Balaban J connectivity index is 1.66. The van der Waals surface area contributed by atoms with Crippen LogP contribution in [0.5, 0.6) is 0 Å². The van der Waals surface area contributed by atoms with Gasteiger partial charge in [0, 0.05) is 25.2 Å². The number of nitrogens with one attached hydrogen (secondary N) is 1. The quantitative estimate of drug-likeness (QED) is 0.778. The lowest BCUT2D eigenvalue weighted by molar-refractivity contribution is -0.131. The molecule has 2 rings (SSSR count). The van der Waals surface area contributed by atoms with Gasteiger partial charge in [-0.1, -0.05) is 36.4 Å². The zero-order valence-corrected chi connectivity index (χ0v) is 11.7. The van der Waals surface area contributed by atoms with Crippen LogP contribution in [0.1, 0.15) is 18.4 Å². The van der Waals surface area contributed by atoms with Gasteiger partial charge in [-0.05, 0) is 31.5 Å². The molecule has 0 amide bonds. The van der Waals surface area contributed by atoms with Crippen LogP contribution in [0.3, 0.4) is 0 Å². The third kappa shape index (κ3) is 5.15. The van der Waals surface area contributed by atoms with Crippen LogP contribution in [0.4, 0.5) is 0 Å². The molecule has 20 heavy (non-hydrogen) atoms. The first kappa shape index (κ1) is 14.8. The van der Waals surface area contributed by atoms with E-state index in [9.17, 15) is 4.79 Å². The standard InChI is InChI=1S/C16H22N2O2/c19-16(20)7-4-10-17-15-8-11-18(12-9-15)13-14-5-2-1-3-6-14/h1-7,15,17H,8-13H2,(H,19,20)/b7-4+. The van der Waals surface area contributed by atoms with Crippen LogP contribution in [-0.4, -0.2) is 41.7 Å². The topological polar surface area (TPSA) is 52.6 Å². The minimum absolute atomic E-state index is 0.500. The third-order valence-electron chi connectivity index (χ3n) is 3.62. The van der Waals surface area contributed by atoms with E-state index in [1.807, 2.05) is 6.07 Å². The first-order valence-electron chi connectivity index (χ1n) is 7.13. The van der Waals surface area contributed by atoms with Crippen molar-refractivity contribution in [3.8, 4) is 0 Å². The molecule has 0 saturated carbocycles. The molecule has 2 N–H and O–H groups in total. The Kier molecular flexibility index (Phi) is 5.77. The molecule has 0 atom stereocenters. The molecule has 1 aromatic rings. The number of hydrogen-bond acceptors (Lipinski definition) is 3. The van der Waals surface area contributed by atoms with Gasteiger partial charge in [0.25, 0.3) is 0 Å². The molecular weight excluding hydrogens is 252 g/mol. The molecule has 4 heteroatoms. The summed E-state index contributed by atoms with van der Waals surface area (Å²) in [5.74, 6) is -0.885. The summed E-state index contributed by atoms with van der Waals surface area (Å²) >= 11 is 0. The van der Waals surface area contributed by atoms with Gasteiger partial charge in [0.1, 0.15) is 0 Å². The average Bonchev–Trinajstić information content (AvgIpc) is 2.46. The van der Waals surface area contributed by atoms with E-state index in [2.05, 4.69) is 34.5 Å². The summed E-state index contributed by atoms with van der Waals surface area (Å²) in [4.78, 5) is 12.8. The summed E-state index contributed by atoms with van der Waals surface area (Å²) in [7, 11) is 0. The SMILES string of the molecule is O=C(O)/C=C/CNC1CCN(Cc2ccccc2)CC1. The number of rotatable bonds is 6. The number of hydrogen-bond donors (Lipinski definition) is 2. The molecule has 0 spiro atoms. The largest absolute Gasteiger partial charge is 0.478 e. The van der Waals surface area contributed by atoms with E-state index in [-0.39, 0.29) is 0 Å². The number of aliphatic carboxylic acids is 1. The molecule has 1 aliphatic heterocycles. The van der Waals surface area contributed by atoms with Gasteiger partial charge in [-0.25, -0.2) is 4.79 Å². The highest BCUT2D eigenvalue weighted by molar-refractivity contribution is 5.79. The molecule has 0 aromatic heterocycles. The number of carboxylic acid groups (broad SMARTS) is 1. The fraction of sp³-hybridized carbons (Fsp3) is 0.438. The molecule has 1 aromatic carbocycles. The van der Waals surface area contributed by atoms with E-state index >= 15 is 0 Å². The van der Waals surface area contributed by atoms with Crippen LogP contribution in [0.25, 0.3) is 0 Å². The van der Waals surface area contributed by atoms with Gasteiger partial charge in [0.05, 0.1) is 0 Å². The third-order valence-corrected chi connectivity index (χ3v) is 3.62. The summed E-state index contributed by atoms with van der Waals surface area (Å²) in [6.45, 7) is 3.84. The molecule has 0 unspecified atom stereocenters. The Morgan fingerprint density at radius 1 is 1.30 bits per heavy atom. The zero-order chi connectivity index (χ0) is 14.2. The molecule has 1 aliphatic rings. The summed E-state index contributed by atoms with van der Waals surface area (Å²) in [5.41, 5.74) is 1.36. The first-order chi connectivity index (χ1) is 9.74. The van der Waals surface area contributed by atoms with Crippen LogP contribution >= 0.6 is 0 Å². The molecule has 1 heterocycles. The van der Waals surface area contributed by atoms with Crippen molar-refractivity contribution in [3.05, 3.63) is 48.0 Å². The molecule has 1 fully saturated rings. The zero-order valence-electron chi connectivity index (χ0n) is 11.7. The average molecular weight is 274 g/mol. The lowest BCUT2D eigenvalue weighted by Gasteiger charge is -2.32. The van der Waals surface area contributed by atoms with Gasteiger partial charge >= 0.3 is 5.97 Å². The number of piperidine rings is 1. The molecule has 0 bridgehead atoms. The molecule has 4 nitrogen and oxygen atoms in total. The van der Waals surface area contributed by atoms with Crippen molar-refractivity contribution in [3.63, 3.8) is 0 Å². The van der Waals surface area contributed by atoms with E-state index in [0.717, 1.165) is 32.5 Å². The van der Waals surface area contributed by atoms with Crippen molar-refractivity contribution >= 4 is 5.97 Å². The summed E-state index contributed by atoms with van der Waals surface area (Å²) in [6.07, 6.45) is 5.09. The maximum atomic E-state index is 10.3. The predicted octanol–water partition coefficient (Wildman–Crippen LogP) is 1.88. The second kappa shape index (κ2) is 7.82. The second-order valence-corrected chi connectivity index (χ2v) is 5.18. The van der Waals surface area contributed by atoms with E-state index in [1.54, 1.807) is 6.08 Å². The normalized spacial score (nSPS) is 17.6. The van der Waals surface area contributed by atoms with Gasteiger partial charge in [-0.2, -0.15) is 0 Å². The van der Waals surface area contributed by atoms with E-state index in [0.29, 0.717) is 12.6 Å². The monoisotopic (exact) mass is 274 g/mol. The minimum Gasteiger partial charge on any atom is -0.478 e. The maximum absolute atomic E-state index is 10.3. The van der Waals surface area contributed by atoms with Crippen LogP contribution in [0, 0.1) is 0 Å². The Morgan fingerprint density at radius 2 is 2.00 bits per heavy atom. The van der Waals surface area contributed by atoms with Crippen molar-refractivity contribution in [2.75, 3.05) is 19.6 Å². The minimum atomic E-state index is -0.885. The highest BCUT2D eigenvalue weighted by atomic mass is 16.4. The van der Waals surface area contributed by atoms with Crippen molar-refractivity contribution in [1.29, 1.82) is 0 Å². The number of nitrogens with zero attached hydrogens (tertiary/aromatic N) is 1. The summed E-state index contributed by atoms with van der Waals surface area (Å²) in [6, 6.07) is 11.0. The summed E-state index contributed by atoms with van der Waals surface area (Å²) in [5, 5.41) is 11.9. The highest BCUT2D eigenvalue weighted by Crippen LogP contribution is 2.13. The van der Waals surface area contributed by atoms with Crippen molar-refractivity contribution < 1.29 is 9.90 Å². The Hall–Kier alpha value is -1.65. The Labute approximate surface area is 120 Å².